The van der Waals surface area contributed by atoms with Crippen LogP contribution in [0.2, 0.25) is 0 Å². The van der Waals surface area contributed by atoms with Gasteiger partial charge in [-0.1, -0.05) is 11.3 Å². The molecular weight excluding hydrogens is 258 g/mol. The Balaban J connectivity index is 1.93. The van der Waals surface area contributed by atoms with Crippen molar-refractivity contribution in [2.45, 2.75) is 6.54 Å². The Hall–Kier alpha value is -2.27. The molecule has 0 unspecified atom stereocenters. The molecular formula is C14H8N3OS+. The van der Waals surface area contributed by atoms with Gasteiger partial charge in [0.25, 0.3) is 0 Å². The highest BCUT2D eigenvalue weighted by Gasteiger charge is 2.35. The van der Waals surface area contributed by atoms with Crippen LogP contribution in [0.3, 0.4) is 0 Å². The van der Waals surface area contributed by atoms with E-state index in [2.05, 4.69) is 20.6 Å². The molecule has 0 aliphatic carbocycles. The fourth-order valence-corrected chi connectivity index (χ4v) is 3.80. The van der Waals surface area contributed by atoms with Gasteiger partial charge in [0.05, 0.1) is 4.70 Å². The zero-order chi connectivity index (χ0) is 12.4. The van der Waals surface area contributed by atoms with Gasteiger partial charge in [-0.25, -0.2) is 0 Å². The SMILES string of the molecule is c1cc2c(cn1)-c1oc3c4ccncc4sc3[n+]1C2. The smallest absolute Gasteiger partial charge is 0.384 e. The molecule has 0 bridgehead atoms. The highest BCUT2D eigenvalue weighted by molar-refractivity contribution is 7.25. The highest BCUT2D eigenvalue weighted by Crippen LogP contribution is 2.37. The fourth-order valence-electron chi connectivity index (χ4n) is 2.70. The van der Waals surface area contributed by atoms with Crippen molar-refractivity contribution in [3.05, 3.63) is 42.5 Å². The molecule has 0 N–H and O–H groups in total. The molecule has 4 aromatic rings. The molecule has 0 atom stereocenters. The van der Waals surface area contributed by atoms with E-state index < -0.39 is 0 Å². The van der Waals surface area contributed by atoms with Crippen molar-refractivity contribution >= 4 is 31.8 Å². The Kier molecular flexibility index (Phi) is 1.62. The number of aromatic nitrogens is 3. The molecule has 5 heteroatoms. The number of fused-ring (bicyclic) bond motifs is 7. The molecule has 19 heavy (non-hydrogen) atoms. The van der Waals surface area contributed by atoms with Crippen LogP contribution in [0, 0.1) is 0 Å². The Bertz CT molecular complexity index is 954. The van der Waals surface area contributed by atoms with Crippen molar-refractivity contribution in [1.29, 1.82) is 0 Å². The molecule has 0 spiro atoms. The average molecular weight is 266 g/mol. The molecule has 90 valence electrons. The summed E-state index contributed by atoms with van der Waals surface area (Å²) < 4.78 is 9.49. The monoisotopic (exact) mass is 266 g/mol. The topological polar surface area (TPSA) is 42.8 Å². The quantitative estimate of drug-likeness (QED) is 0.405. The normalized spacial score (nSPS) is 13.1. The van der Waals surface area contributed by atoms with E-state index >= 15 is 0 Å². The summed E-state index contributed by atoms with van der Waals surface area (Å²) in [5.74, 6) is 0.920. The second kappa shape index (κ2) is 3.19. The van der Waals surface area contributed by atoms with E-state index in [-0.39, 0.29) is 0 Å². The molecule has 1 aliphatic heterocycles. The second-order valence-corrected chi connectivity index (χ2v) is 5.67. The minimum absolute atomic E-state index is 0.862. The lowest BCUT2D eigenvalue weighted by atomic mass is 10.2. The number of oxazole rings is 1. The predicted molar refractivity (Wildman–Crippen MR) is 71.9 cm³/mol. The molecule has 0 aromatic carbocycles. The summed E-state index contributed by atoms with van der Waals surface area (Å²) in [6, 6.07) is 4.07. The van der Waals surface area contributed by atoms with Gasteiger partial charge < -0.3 is 4.42 Å². The molecule has 1 aliphatic rings. The van der Waals surface area contributed by atoms with Gasteiger partial charge in [-0.3, -0.25) is 9.97 Å². The van der Waals surface area contributed by atoms with Crippen LogP contribution in [0.15, 0.2) is 41.3 Å². The number of hydrogen-bond donors (Lipinski definition) is 0. The number of thiophene rings is 1. The lowest BCUT2D eigenvalue weighted by Crippen LogP contribution is -2.29. The van der Waals surface area contributed by atoms with Crippen LogP contribution in [0.5, 0.6) is 0 Å². The van der Waals surface area contributed by atoms with Crippen molar-refractivity contribution in [3.63, 3.8) is 0 Å². The van der Waals surface area contributed by atoms with Gasteiger partial charge in [0.1, 0.15) is 5.56 Å². The van der Waals surface area contributed by atoms with E-state index in [0.717, 1.165) is 29.0 Å². The van der Waals surface area contributed by atoms with E-state index in [4.69, 9.17) is 4.42 Å². The van der Waals surface area contributed by atoms with Crippen LogP contribution in [0.25, 0.3) is 32.0 Å². The molecule has 4 nitrogen and oxygen atoms in total. The summed E-state index contributed by atoms with van der Waals surface area (Å²) in [6.07, 6.45) is 7.41. The zero-order valence-electron chi connectivity index (χ0n) is 9.83. The van der Waals surface area contributed by atoms with Gasteiger partial charge in [-0.15, -0.1) is 4.57 Å². The fraction of sp³-hybridized carbons (Fsp3) is 0.0714. The van der Waals surface area contributed by atoms with Gasteiger partial charge in [-0.2, -0.15) is 0 Å². The lowest BCUT2D eigenvalue weighted by molar-refractivity contribution is -0.647. The lowest BCUT2D eigenvalue weighted by Gasteiger charge is -1.88. The molecule has 0 fully saturated rings. The standard InChI is InChI=1S/C14H8N3OS/c1-3-15-5-10-8(1)7-17-13(10)18-12-9-2-4-16-6-11(9)19-14(12)17/h1-6H,7H2/q+1. The van der Waals surface area contributed by atoms with E-state index in [0.29, 0.717) is 0 Å². The Labute approximate surface area is 112 Å². The zero-order valence-corrected chi connectivity index (χ0v) is 10.6. The van der Waals surface area contributed by atoms with Crippen LogP contribution in [0.4, 0.5) is 0 Å². The van der Waals surface area contributed by atoms with Crippen molar-refractivity contribution in [2.75, 3.05) is 0 Å². The van der Waals surface area contributed by atoms with Gasteiger partial charge in [0.15, 0.2) is 6.54 Å². The van der Waals surface area contributed by atoms with Gasteiger partial charge >= 0.3 is 10.7 Å². The third kappa shape index (κ3) is 1.11. The van der Waals surface area contributed by atoms with Crippen molar-refractivity contribution in [3.8, 4) is 11.5 Å². The molecule has 0 saturated carbocycles. The summed E-state index contributed by atoms with van der Waals surface area (Å²) in [6.45, 7) is 0.862. The predicted octanol–water partition coefficient (Wildman–Crippen LogP) is 2.75. The number of rotatable bonds is 0. The second-order valence-electron chi connectivity index (χ2n) is 4.63. The first-order valence-electron chi connectivity index (χ1n) is 6.04. The Morgan fingerprint density at radius 2 is 2.05 bits per heavy atom. The van der Waals surface area contributed by atoms with Crippen LogP contribution >= 0.6 is 11.3 Å². The van der Waals surface area contributed by atoms with Crippen LogP contribution in [-0.2, 0) is 6.54 Å². The first-order chi connectivity index (χ1) is 9.42. The van der Waals surface area contributed by atoms with Crippen molar-refractivity contribution in [1.82, 2.24) is 9.97 Å². The first-order valence-corrected chi connectivity index (χ1v) is 6.85. The number of hydrogen-bond acceptors (Lipinski definition) is 4. The maximum absolute atomic E-state index is 6.10. The first kappa shape index (κ1) is 9.63. The molecule has 5 heterocycles. The summed E-state index contributed by atoms with van der Waals surface area (Å²) in [7, 11) is 0. The van der Waals surface area contributed by atoms with Crippen LogP contribution < -0.4 is 4.57 Å². The van der Waals surface area contributed by atoms with Crippen molar-refractivity contribution < 1.29 is 8.98 Å². The Morgan fingerprint density at radius 3 is 3.05 bits per heavy atom. The Morgan fingerprint density at radius 1 is 1.16 bits per heavy atom. The third-order valence-corrected chi connectivity index (χ3v) is 4.73. The summed E-state index contributed by atoms with van der Waals surface area (Å²) in [5, 5.41) is 1.14. The number of nitrogens with zero attached hydrogens (tertiary/aromatic N) is 3. The minimum Gasteiger partial charge on any atom is -0.396 e. The van der Waals surface area contributed by atoms with Gasteiger partial charge in [-0.05, 0) is 12.1 Å². The van der Waals surface area contributed by atoms with E-state index in [1.807, 2.05) is 30.9 Å². The summed E-state index contributed by atoms with van der Waals surface area (Å²) in [5.41, 5.74) is 3.34. The minimum atomic E-state index is 0.862. The molecule has 0 saturated heterocycles. The summed E-state index contributed by atoms with van der Waals surface area (Å²) >= 11 is 1.73. The van der Waals surface area contributed by atoms with E-state index in [1.54, 1.807) is 11.3 Å². The van der Waals surface area contributed by atoms with Crippen molar-refractivity contribution in [2.24, 2.45) is 0 Å². The highest BCUT2D eigenvalue weighted by atomic mass is 32.1. The van der Waals surface area contributed by atoms with Gasteiger partial charge in [0.2, 0.25) is 5.58 Å². The molecule has 0 radical (unpaired) electrons. The molecule has 0 amide bonds. The maximum Gasteiger partial charge on any atom is 0.384 e. The number of pyridine rings is 2. The maximum atomic E-state index is 6.10. The molecule has 5 rings (SSSR count). The van der Waals surface area contributed by atoms with E-state index in [1.165, 1.54) is 15.1 Å². The third-order valence-electron chi connectivity index (χ3n) is 3.59. The van der Waals surface area contributed by atoms with E-state index in [9.17, 15) is 0 Å². The molecule has 4 aromatic heterocycles. The van der Waals surface area contributed by atoms with Crippen LogP contribution in [-0.4, -0.2) is 9.97 Å². The largest absolute Gasteiger partial charge is 0.396 e. The average Bonchev–Trinajstić information content (AvgIpc) is 3.07. The van der Waals surface area contributed by atoms with Gasteiger partial charge in [0, 0.05) is 35.7 Å². The van der Waals surface area contributed by atoms with Crippen LogP contribution in [0.1, 0.15) is 5.56 Å². The summed E-state index contributed by atoms with van der Waals surface area (Å²) in [4.78, 5) is 9.54.